The van der Waals surface area contributed by atoms with Gasteiger partial charge in [0.1, 0.15) is 12.4 Å². The van der Waals surface area contributed by atoms with Gasteiger partial charge in [0.25, 0.3) is 5.91 Å². The van der Waals surface area contributed by atoms with Gasteiger partial charge in [-0.05, 0) is 29.5 Å². The van der Waals surface area contributed by atoms with E-state index in [0.29, 0.717) is 17.4 Å². The molecule has 0 spiro atoms. The normalized spacial score (nSPS) is 10.1. The van der Waals surface area contributed by atoms with E-state index in [9.17, 15) is 4.79 Å². The van der Waals surface area contributed by atoms with Gasteiger partial charge in [-0.15, -0.1) is 0 Å². The lowest BCUT2D eigenvalue weighted by Gasteiger charge is -2.05. The number of hydrogen-bond donors (Lipinski definition) is 1. The molecule has 1 rings (SSSR count). The predicted molar refractivity (Wildman–Crippen MR) is 67.1 cm³/mol. The molecule has 4 nitrogen and oxygen atoms in total. The highest BCUT2D eigenvalue weighted by Crippen LogP contribution is 2.19. The number of hydrogen-bond acceptors (Lipinski definition) is 3. The summed E-state index contributed by atoms with van der Waals surface area (Å²) < 4.78 is 5.79. The smallest absolute Gasteiger partial charge is 0.251 e. The maximum atomic E-state index is 11.2. The number of pyridine rings is 1. The van der Waals surface area contributed by atoms with Crippen LogP contribution in [-0.2, 0) is 9.53 Å². The molecule has 6 heteroatoms. The van der Waals surface area contributed by atoms with Crippen LogP contribution in [0.1, 0.15) is 6.92 Å². The summed E-state index contributed by atoms with van der Waals surface area (Å²) in [5.41, 5.74) is 0. The van der Waals surface area contributed by atoms with Gasteiger partial charge in [0.05, 0.1) is 8.59 Å². The number of nitrogens with zero attached hydrogens (tertiary/aromatic N) is 1. The van der Waals surface area contributed by atoms with Gasteiger partial charge in [0, 0.05) is 18.9 Å². The van der Waals surface area contributed by atoms with Crippen LogP contribution in [0.2, 0.25) is 5.02 Å². The highest BCUT2D eigenvalue weighted by atomic mass is 127. The first-order valence-corrected chi connectivity index (χ1v) is 5.77. The molecule has 1 N–H and O–H groups in total. The molecule has 0 saturated carbocycles. The molecule has 1 heterocycles. The number of carbonyl (C=O) groups is 1. The molecule has 1 aromatic heterocycles. The van der Waals surface area contributed by atoms with Crippen LogP contribution in [0.25, 0.3) is 0 Å². The lowest BCUT2D eigenvalue weighted by atomic mass is 10.4. The summed E-state index contributed by atoms with van der Waals surface area (Å²) in [6, 6.07) is 1.60. The van der Waals surface area contributed by atoms with Gasteiger partial charge in [-0.25, -0.2) is 4.98 Å². The Hall–Kier alpha value is -0.400. The minimum atomic E-state index is -0.235. The Morgan fingerprint density at radius 1 is 1.73 bits per heavy atom. The Kier molecular flexibility index (Phi) is 5.27. The SMILES string of the molecule is CCOCC(=O)Nc1cc(Cl)c(I)cn1. The molecule has 0 bridgehead atoms. The second kappa shape index (κ2) is 6.24. The van der Waals surface area contributed by atoms with Crippen molar-refractivity contribution in [3.05, 3.63) is 20.9 Å². The minimum Gasteiger partial charge on any atom is -0.372 e. The van der Waals surface area contributed by atoms with Crippen molar-refractivity contribution >= 4 is 45.9 Å². The zero-order valence-electron chi connectivity index (χ0n) is 8.09. The summed E-state index contributed by atoms with van der Waals surface area (Å²) in [6.45, 7) is 2.36. The van der Waals surface area contributed by atoms with Gasteiger partial charge >= 0.3 is 0 Å². The van der Waals surface area contributed by atoms with Crippen molar-refractivity contribution in [3.63, 3.8) is 0 Å². The molecule has 0 aliphatic heterocycles. The third-order valence-electron chi connectivity index (χ3n) is 1.51. The Morgan fingerprint density at radius 3 is 3.07 bits per heavy atom. The Labute approximate surface area is 107 Å². The Morgan fingerprint density at radius 2 is 2.47 bits per heavy atom. The topological polar surface area (TPSA) is 51.2 Å². The monoisotopic (exact) mass is 340 g/mol. The standard InChI is InChI=1S/C9H10ClIN2O2/c1-2-15-5-9(14)13-8-3-6(10)7(11)4-12-8/h3-4H,2,5H2,1H3,(H,12,13,14). The first kappa shape index (κ1) is 12.7. The molecule has 1 amide bonds. The summed E-state index contributed by atoms with van der Waals surface area (Å²) in [4.78, 5) is 15.3. The first-order valence-electron chi connectivity index (χ1n) is 4.32. The Balaban J connectivity index is 2.57. The van der Waals surface area contributed by atoms with Crippen LogP contribution in [0.3, 0.4) is 0 Å². The van der Waals surface area contributed by atoms with E-state index in [4.69, 9.17) is 16.3 Å². The molecule has 82 valence electrons. The largest absolute Gasteiger partial charge is 0.372 e. The Bertz CT molecular complexity index is 360. The summed E-state index contributed by atoms with van der Waals surface area (Å²) in [5.74, 6) is 0.201. The molecule has 0 radical (unpaired) electrons. The van der Waals surface area contributed by atoms with Crippen LogP contribution in [-0.4, -0.2) is 24.1 Å². The van der Waals surface area contributed by atoms with Gasteiger partial charge in [0.15, 0.2) is 0 Å². The van der Waals surface area contributed by atoms with Crippen molar-refractivity contribution < 1.29 is 9.53 Å². The third-order valence-corrected chi connectivity index (χ3v) is 3.00. The lowest BCUT2D eigenvalue weighted by molar-refractivity contribution is -0.120. The van der Waals surface area contributed by atoms with E-state index in [-0.39, 0.29) is 12.5 Å². The van der Waals surface area contributed by atoms with Crippen molar-refractivity contribution in [1.29, 1.82) is 0 Å². The quantitative estimate of drug-likeness (QED) is 0.856. The van der Waals surface area contributed by atoms with E-state index in [1.807, 2.05) is 6.92 Å². The number of carbonyl (C=O) groups excluding carboxylic acids is 1. The number of nitrogens with one attached hydrogen (secondary N) is 1. The van der Waals surface area contributed by atoms with Crippen molar-refractivity contribution in [2.75, 3.05) is 18.5 Å². The van der Waals surface area contributed by atoms with Crippen LogP contribution in [0.5, 0.6) is 0 Å². The van der Waals surface area contributed by atoms with Gasteiger partial charge in [-0.3, -0.25) is 4.79 Å². The van der Waals surface area contributed by atoms with E-state index < -0.39 is 0 Å². The average molecular weight is 341 g/mol. The van der Waals surface area contributed by atoms with Crippen LogP contribution in [0, 0.1) is 3.57 Å². The predicted octanol–water partition coefficient (Wildman–Crippen LogP) is 2.31. The second-order valence-corrected chi connectivity index (χ2v) is 4.24. The molecule has 0 atom stereocenters. The number of rotatable bonds is 4. The second-order valence-electron chi connectivity index (χ2n) is 2.67. The number of aromatic nitrogens is 1. The van der Waals surface area contributed by atoms with Crippen molar-refractivity contribution in [2.45, 2.75) is 6.92 Å². The van der Waals surface area contributed by atoms with Gasteiger partial charge in [0.2, 0.25) is 0 Å². The van der Waals surface area contributed by atoms with E-state index in [2.05, 4.69) is 32.9 Å². The van der Waals surface area contributed by atoms with Gasteiger partial charge < -0.3 is 10.1 Å². The van der Waals surface area contributed by atoms with Crippen molar-refractivity contribution in [1.82, 2.24) is 4.98 Å². The van der Waals surface area contributed by atoms with Crippen LogP contribution in [0.4, 0.5) is 5.82 Å². The molecular formula is C9H10ClIN2O2. The van der Waals surface area contributed by atoms with Crippen LogP contribution in [0.15, 0.2) is 12.3 Å². The van der Waals surface area contributed by atoms with E-state index in [0.717, 1.165) is 3.57 Å². The van der Waals surface area contributed by atoms with Gasteiger partial charge in [-0.1, -0.05) is 11.6 Å². The van der Waals surface area contributed by atoms with Crippen LogP contribution >= 0.6 is 34.2 Å². The lowest BCUT2D eigenvalue weighted by Crippen LogP contribution is -2.18. The van der Waals surface area contributed by atoms with Crippen molar-refractivity contribution in [2.24, 2.45) is 0 Å². The molecule has 0 aliphatic rings. The average Bonchev–Trinajstić information content (AvgIpc) is 2.20. The summed E-state index contributed by atoms with van der Waals surface area (Å²) >= 11 is 7.94. The minimum absolute atomic E-state index is 0.0295. The molecule has 0 unspecified atom stereocenters. The third kappa shape index (κ3) is 4.31. The number of ether oxygens (including phenoxy) is 1. The summed E-state index contributed by atoms with van der Waals surface area (Å²) in [6.07, 6.45) is 1.60. The number of halogens is 2. The number of anilines is 1. The van der Waals surface area contributed by atoms with E-state index in [1.54, 1.807) is 12.3 Å². The summed E-state index contributed by atoms with van der Waals surface area (Å²) in [5, 5.41) is 3.15. The maximum Gasteiger partial charge on any atom is 0.251 e. The highest BCUT2D eigenvalue weighted by molar-refractivity contribution is 14.1. The number of amides is 1. The van der Waals surface area contributed by atoms with E-state index in [1.165, 1.54) is 0 Å². The first-order chi connectivity index (χ1) is 7.13. The zero-order chi connectivity index (χ0) is 11.3. The fourth-order valence-electron chi connectivity index (χ4n) is 0.856. The summed E-state index contributed by atoms with van der Waals surface area (Å²) in [7, 11) is 0. The molecule has 15 heavy (non-hydrogen) atoms. The zero-order valence-corrected chi connectivity index (χ0v) is 11.0. The fraction of sp³-hybridized carbons (Fsp3) is 0.333. The molecule has 1 aromatic rings. The van der Waals surface area contributed by atoms with E-state index >= 15 is 0 Å². The maximum absolute atomic E-state index is 11.2. The molecule has 0 fully saturated rings. The molecule has 0 saturated heterocycles. The van der Waals surface area contributed by atoms with Gasteiger partial charge in [-0.2, -0.15) is 0 Å². The van der Waals surface area contributed by atoms with Crippen LogP contribution < -0.4 is 5.32 Å². The highest BCUT2D eigenvalue weighted by Gasteiger charge is 2.04. The molecular weight excluding hydrogens is 330 g/mol. The van der Waals surface area contributed by atoms with Crippen molar-refractivity contribution in [3.8, 4) is 0 Å². The molecule has 0 aromatic carbocycles. The molecule has 0 aliphatic carbocycles. The fourth-order valence-corrected chi connectivity index (χ4v) is 1.30.